The third kappa shape index (κ3) is 15.5. The highest BCUT2D eigenvalue weighted by Gasteiger charge is 2.00. The van der Waals surface area contributed by atoms with Gasteiger partial charge in [-0.25, -0.2) is 0 Å². The molecule has 20 heavy (non-hydrogen) atoms. The molecule has 0 aliphatic rings. The minimum Gasteiger partial charge on any atom is -0.459 e. The Bertz CT molecular complexity index is 202. The highest BCUT2D eigenvalue weighted by Crippen LogP contribution is 2.13. The second kappa shape index (κ2) is 16.5. The zero-order chi connectivity index (χ0) is 14.9. The standard InChI is InChI=1S/C18H35O2/c1-3-5-6-7-8-9-10-11-12-13-14-15-16-17-18(19)20-4-2/h4H,3,5-17H2,1-2H3. The molecule has 0 bridgehead atoms. The van der Waals surface area contributed by atoms with Gasteiger partial charge < -0.3 is 4.74 Å². The molecule has 119 valence electrons. The second-order valence-corrected chi connectivity index (χ2v) is 5.72. The minimum absolute atomic E-state index is 0.0874. The number of carbonyl (C=O) groups is 1. The van der Waals surface area contributed by atoms with Gasteiger partial charge in [-0.3, -0.25) is 4.79 Å². The Morgan fingerprint density at radius 3 is 1.55 bits per heavy atom. The van der Waals surface area contributed by atoms with E-state index in [1.54, 1.807) is 6.92 Å². The molecular formula is C18H35O2. The maximum absolute atomic E-state index is 11.1. The van der Waals surface area contributed by atoms with Gasteiger partial charge in [-0.15, -0.1) is 0 Å². The van der Waals surface area contributed by atoms with Crippen molar-refractivity contribution in [2.45, 2.75) is 104 Å². The van der Waals surface area contributed by atoms with Crippen molar-refractivity contribution < 1.29 is 9.53 Å². The van der Waals surface area contributed by atoms with Crippen LogP contribution < -0.4 is 0 Å². The van der Waals surface area contributed by atoms with Gasteiger partial charge in [-0.05, 0) is 13.3 Å². The molecule has 0 rings (SSSR count). The van der Waals surface area contributed by atoms with Crippen LogP contribution >= 0.6 is 0 Å². The Hall–Kier alpha value is -0.530. The number of hydrogen-bond donors (Lipinski definition) is 0. The molecule has 0 N–H and O–H groups in total. The van der Waals surface area contributed by atoms with Crippen LogP contribution in [0.1, 0.15) is 104 Å². The van der Waals surface area contributed by atoms with Crippen LogP contribution in [0.15, 0.2) is 0 Å². The zero-order valence-electron chi connectivity index (χ0n) is 13.8. The minimum atomic E-state index is -0.0874. The van der Waals surface area contributed by atoms with Gasteiger partial charge in [0.25, 0.3) is 0 Å². The van der Waals surface area contributed by atoms with E-state index in [1.807, 2.05) is 0 Å². The van der Waals surface area contributed by atoms with Gasteiger partial charge in [-0.2, -0.15) is 0 Å². The predicted octanol–water partition coefficient (Wildman–Crippen LogP) is 6.19. The average Bonchev–Trinajstić information content (AvgIpc) is 2.44. The van der Waals surface area contributed by atoms with Crippen LogP contribution in [0.25, 0.3) is 0 Å². The summed E-state index contributed by atoms with van der Waals surface area (Å²) in [6.07, 6.45) is 17.9. The molecule has 0 aliphatic carbocycles. The van der Waals surface area contributed by atoms with Crippen LogP contribution in [-0.4, -0.2) is 5.97 Å². The molecule has 0 fully saturated rings. The third-order valence-electron chi connectivity index (χ3n) is 3.73. The first-order valence-corrected chi connectivity index (χ1v) is 8.78. The number of unbranched alkanes of at least 4 members (excludes halogenated alkanes) is 12. The van der Waals surface area contributed by atoms with Crippen molar-refractivity contribution in [3.8, 4) is 0 Å². The maximum Gasteiger partial charge on any atom is 0.306 e. The molecule has 0 aromatic rings. The lowest BCUT2D eigenvalue weighted by atomic mass is 10.0. The summed E-state index contributed by atoms with van der Waals surface area (Å²) in [7, 11) is 0. The topological polar surface area (TPSA) is 26.3 Å². The van der Waals surface area contributed by atoms with Crippen molar-refractivity contribution in [2.75, 3.05) is 0 Å². The molecule has 0 heterocycles. The van der Waals surface area contributed by atoms with Gasteiger partial charge in [0.2, 0.25) is 0 Å². The molecule has 1 radical (unpaired) electrons. The molecular weight excluding hydrogens is 248 g/mol. The monoisotopic (exact) mass is 283 g/mol. The Labute approximate surface area is 126 Å². The van der Waals surface area contributed by atoms with Crippen LogP contribution in [0.5, 0.6) is 0 Å². The molecule has 0 aromatic heterocycles. The molecule has 0 aliphatic heterocycles. The quantitative estimate of drug-likeness (QED) is 0.264. The van der Waals surface area contributed by atoms with Gasteiger partial charge >= 0.3 is 5.97 Å². The van der Waals surface area contributed by atoms with Crippen LogP contribution in [0.2, 0.25) is 0 Å². The molecule has 0 saturated heterocycles. The largest absolute Gasteiger partial charge is 0.459 e. The van der Waals surface area contributed by atoms with Crippen LogP contribution in [0.4, 0.5) is 0 Å². The first-order chi connectivity index (χ1) is 9.81. The van der Waals surface area contributed by atoms with Gasteiger partial charge in [0.15, 0.2) is 0 Å². The van der Waals surface area contributed by atoms with Gasteiger partial charge in [0.1, 0.15) is 6.61 Å². The summed E-state index contributed by atoms with van der Waals surface area (Å²) in [5.41, 5.74) is 0. The van der Waals surface area contributed by atoms with E-state index in [0.29, 0.717) is 6.42 Å². The normalized spacial score (nSPS) is 10.7. The molecule has 0 saturated carbocycles. The molecule has 0 spiro atoms. The lowest BCUT2D eigenvalue weighted by Gasteiger charge is -2.03. The van der Waals surface area contributed by atoms with Crippen molar-refractivity contribution in [3.63, 3.8) is 0 Å². The summed E-state index contributed by atoms with van der Waals surface area (Å²) >= 11 is 0. The van der Waals surface area contributed by atoms with Crippen LogP contribution in [0, 0.1) is 6.61 Å². The van der Waals surface area contributed by atoms with Gasteiger partial charge in [-0.1, -0.05) is 84.0 Å². The Morgan fingerprint density at radius 1 is 0.750 bits per heavy atom. The second-order valence-electron chi connectivity index (χ2n) is 5.72. The van der Waals surface area contributed by atoms with E-state index in [1.165, 1.54) is 77.2 Å². The van der Waals surface area contributed by atoms with Gasteiger partial charge in [0, 0.05) is 6.42 Å². The van der Waals surface area contributed by atoms with Crippen molar-refractivity contribution >= 4 is 5.97 Å². The van der Waals surface area contributed by atoms with Crippen LogP contribution in [-0.2, 0) is 9.53 Å². The van der Waals surface area contributed by atoms with E-state index in [0.717, 1.165) is 12.8 Å². The first kappa shape index (κ1) is 19.5. The fourth-order valence-electron chi connectivity index (χ4n) is 2.48. The summed E-state index contributed by atoms with van der Waals surface area (Å²) in [4.78, 5) is 11.1. The summed E-state index contributed by atoms with van der Waals surface area (Å²) < 4.78 is 4.78. The summed E-state index contributed by atoms with van der Waals surface area (Å²) in [5.74, 6) is -0.0874. The van der Waals surface area contributed by atoms with E-state index in [2.05, 4.69) is 6.92 Å². The summed E-state index contributed by atoms with van der Waals surface area (Å²) in [5, 5.41) is 0. The highest BCUT2D eigenvalue weighted by molar-refractivity contribution is 5.69. The van der Waals surface area contributed by atoms with Gasteiger partial charge in [0.05, 0.1) is 0 Å². The number of rotatable bonds is 15. The van der Waals surface area contributed by atoms with Crippen LogP contribution in [0.3, 0.4) is 0 Å². The fraction of sp³-hybridized carbons (Fsp3) is 0.889. The molecule has 0 aromatic carbocycles. The SMILES string of the molecule is C[CH]OC(=O)CCCCCCCCCCCCCCC. The molecule has 0 amide bonds. The molecule has 0 atom stereocenters. The van der Waals surface area contributed by atoms with Crippen molar-refractivity contribution in [2.24, 2.45) is 0 Å². The number of carbonyl (C=O) groups excluding carboxylic acids is 1. The smallest absolute Gasteiger partial charge is 0.306 e. The number of hydrogen-bond acceptors (Lipinski definition) is 2. The highest BCUT2D eigenvalue weighted by atomic mass is 16.5. The van der Waals surface area contributed by atoms with E-state index in [-0.39, 0.29) is 5.97 Å². The van der Waals surface area contributed by atoms with Crippen molar-refractivity contribution in [1.29, 1.82) is 0 Å². The third-order valence-corrected chi connectivity index (χ3v) is 3.73. The lowest BCUT2D eigenvalue weighted by molar-refractivity contribution is -0.140. The molecule has 0 unspecified atom stereocenters. The van der Waals surface area contributed by atoms with E-state index in [4.69, 9.17) is 4.74 Å². The summed E-state index contributed by atoms with van der Waals surface area (Å²) in [6.45, 7) is 5.47. The molecule has 2 heteroatoms. The zero-order valence-corrected chi connectivity index (χ0v) is 13.8. The Kier molecular flexibility index (Phi) is 16.1. The van der Waals surface area contributed by atoms with E-state index >= 15 is 0 Å². The van der Waals surface area contributed by atoms with E-state index in [9.17, 15) is 4.79 Å². The first-order valence-electron chi connectivity index (χ1n) is 8.78. The van der Waals surface area contributed by atoms with E-state index < -0.39 is 0 Å². The van der Waals surface area contributed by atoms with Crippen molar-refractivity contribution in [1.82, 2.24) is 0 Å². The summed E-state index contributed by atoms with van der Waals surface area (Å²) in [6, 6.07) is 0. The van der Waals surface area contributed by atoms with Crippen molar-refractivity contribution in [3.05, 3.63) is 6.61 Å². The average molecular weight is 283 g/mol. The number of ether oxygens (including phenoxy) is 1. The maximum atomic E-state index is 11.1. The Morgan fingerprint density at radius 2 is 1.15 bits per heavy atom. The fourth-order valence-corrected chi connectivity index (χ4v) is 2.48. The lowest BCUT2D eigenvalue weighted by Crippen LogP contribution is -2.00. The molecule has 2 nitrogen and oxygen atoms in total. The Balaban J connectivity index is 3.01. The predicted molar refractivity (Wildman–Crippen MR) is 86.4 cm³/mol. The number of esters is 1.